The molecule has 1 amide bonds. The van der Waals surface area contributed by atoms with E-state index in [0.717, 1.165) is 29.8 Å². The first kappa shape index (κ1) is 24.2. The van der Waals surface area contributed by atoms with E-state index in [1.807, 2.05) is 0 Å². The highest BCUT2D eigenvalue weighted by atomic mass is 32.2. The molecule has 1 atom stereocenters. The molecule has 0 saturated heterocycles. The molecule has 0 aromatic heterocycles. The van der Waals surface area contributed by atoms with Crippen LogP contribution in [-0.2, 0) is 21.0 Å². The van der Waals surface area contributed by atoms with Crippen LogP contribution in [0.4, 0.5) is 17.6 Å². The summed E-state index contributed by atoms with van der Waals surface area (Å²) in [4.78, 5) is 12.3. The minimum atomic E-state index is -4.54. The Morgan fingerprint density at radius 1 is 0.969 bits per heavy atom. The molecule has 32 heavy (non-hydrogen) atoms. The fraction of sp³-hybridized carbons (Fsp3) is 0.409. The molecule has 2 aromatic carbocycles. The van der Waals surface area contributed by atoms with Gasteiger partial charge in [-0.1, -0.05) is 12.1 Å². The van der Waals surface area contributed by atoms with Crippen LogP contribution in [0.3, 0.4) is 0 Å². The van der Waals surface area contributed by atoms with Crippen LogP contribution in [0.1, 0.15) is 49.8 Å². The zero-order valence-electron chi connectivity index (χ0n) is 17.3. The Kier molecular flexibility index (Phi) is 7.24. The van der Waals surface area contributed by atoms with Crippen molar-refractivity contribution in [1.82, 2.24) is 10.0 Å². The summed E-state index contributed by atoms with van der Waals surface area (Å²) < 4.78 is 78.6. The maximum atomic E-state index is 13.0. The third-order valence-corrected chi connectivity index (χ3v) is 7.18. The van der Waals surface area contributed by atoms with Gasteiger partial charge in [0.15, 0.2) is 0 Å². The van der Waals surface area contributed by atoms with E-state index in [9.17, 15) is 30.8 Å². The van der Waals surface area contributed by atoms with Crippen molar-refractivity contribution in [3.8, 4) is 0 Å². The highest BCUT2D eigenvalue weighted by Crippen LogP contribution is 2.30. The standard InChI is InChI=1S/C22H24F4N2O3S/c1-14(15-2-8-18(23)9-3-15)27-21(29)16-4-10-19(11-5-16)28-32(30,31)20-12-6-17(7-13-20)22(24,25)26/h2-3,6-9,12-14,16,19,28H,4-5,10-11H2,1H3,(H,27,29)/t14-,16-,19-/m1/s1. The highest BCUT2D eigenvalue weighted by molar-refractivity contribution is 7.89. The zero-order valence-corrected chi connectivity index (χ0v) is 18.1. The molecule has 1 aliphatic rings. The summed E-state index contributed by atoms with van der Waals surface area (Å²) in [5, 5.41) is 2.90. The van der Waals surface area contributed by atoms with Gasteiger partial charge in [-0.25, -0.2) is 17.5 Å². The molecular formula is C22H24F4N2O3S. The molecule has 3 rings (SSSR count). The normalized spacial score (nSPS) is 20.5. The van der Waals surface area contributed by atoms with Crippen molar-refractivity contribution in [2.24, 2.45) is 5.92 Å². The van der Waals surface area contributed by atoms with Crippen molar-refractivity contribution >= 4 is 15.9 Å². The van der Waals surface area contributed by atoms with Gasteiger partial charge in [0, 0.05) is 12.0 Å². The number of sulfonamides is 1. The van der Waals surface area contributed by atoms with Crippen LogP contribution in [-0.4, -0.2) is 20.4 Å². The number of halogens is 4. The van der Waals surface area contributed by atoms with E-state index in [-0.39, 0.29) is 28.6 Å². The summed E-state index contributed by atoms with van der Waals surface area (Å²) >= 11 is 0. The Labute approximate surface area is 184 Å². The Balaban J connectivity index is 1.52. The zero-order chi connectivity index (χ0) is 23.5. The molecule has 0 aliphatic heterocycles. The predicted octanol–water partition coefficient (Wildman–Crippen LogP) is 4.56. The molecular weight excluding hydrogens is 448 g/mol. The molecule has 5 nitrogen and oxygen atoms in total. The van der Waals surface area contributed by atoms with Gasteiger partial charge >= 0.3 is 6.18 Å². The molecule has 10 heteroatoms. The van der Waals surface area contributed by atoms with Gasteiger partial charge in [-0.05, 0) is 74.6 Å². The van der Waals surface area contributed by atoms with Gasteiger partial charge in [-0.15, -0.1) is 0 Å². The molecule has 1 fully saturated rings. The van der Waals surface area contributed by atoms with Crippen molar-refractivity contribution in [3.05, 3.63) is 65.5 Å². The second-order valence-corrected chi connectivity index (χ2v) is 9.69. The quantitative estimate of drug-likeness (QED) is 0.606. The van der Waals surface area contributed by atoms with Gasteiger partial charge in [0.2, 0.25) is 15.9 Å². The maximum Gasteiger partial charge on any atom is 0.416 e. The number of carbonyl (C=O) groups is 1. The third kappa shape index (κ3) is 6.07. The van der Waals surface area contributed by atoms with Gasteiger partial charge in [-0.2, -0.15) is 13.2 Å². The van der Waals surface area contributed by atoms with E-state index in [4.69, 9.17) is 0 Å². The van der Waals surface area contributed by atoms with Crippen molar-refractivity contribution < 1.29 is 30.8 Å². The van der Waals surface area contributed by atoms with E-state index < -0.39 is 27.8 Å². The molecule has 0 heterocycles. The number of nitrogens with one attached hydrogen (secondary N) is 2. The lowest BCUT2D eigenvalue weighted by Gasteiger charge is -2.29. The number of hydrogen-bond donors (Lipinski definition) is 2. The number of rotatable bonds is 6. The fourth-order valence-corrected chi connectivity index (χ4v) is 5.06. The molecule has 0 bridgehead atoms. The lowest BCUT2D eigenvalue weighted by Crippen LogP contribution is -2.41. The van der Waals surface area contributed by atoms with Gasteiger partial charge in [-0.3, -0.25) is 4.79 Å². The van der Waals surface area contributed by atoms with E-state index in [0.29, 0.717) is 25.7 Å². The number of benzene rings is 2. The average molecular weight is 473 g/mol. The van der Waals surface area contributed by atoms with Crippen molar-refractivity contribution in [2.75, 3.05) is 0 Å². The smallest absolute Gasteiger partial charge is 0.349 e. The van der Waals surface area contributed by atoms with Crippen LogP contribution in [0.15, 0.2) is 53.4 Å². The molecule has 1 aliphatic carbocycles. The summed E-state index contributed by atoms with van der Waals surface area (Å²) in [6.45, 7) is 1.80. The third-order valence-electron chi connectivity index (χ3n) is 5.64. The minimum absolute atomic E-state index is 0.147. The monoisotopic (exact) mass is 472 g/mol. The van der Waals surface area contributed by atoms with E-state index in [1.54, 1.807) is 19.1 Å². The van der Waals surface area contributed by atoms with Crippen LogP contribution in [0.2, 0.25) is 0 Å². The Bertz CT molecular complexity index is 1030. The fourth-order valence-electron chi connectivity index (χ4n) is 3.75. The summed E-state index contributed by atoms with van der Waals surface area (Å²) in [6, 6.07) is 8.50. The molecule has 2 aromatic rings. The summed E-state index contributed by atoms with van der Waals surface area (Å²) in [5.74, 6) is -0.778. The first-order chi connectivity index (χ1) is 15.0. The predicted molar refractivity (Wildman–Crippen MR) is 110 cm³/mol. The number of alkyl halides is 3. The van der Waals surface area contributed by atoms with Crippen molar-refractivity contribution in [3.63, 3.8) is 0 Å². The highest BCUT2D eigenvalue weighted by Gasteiger charge is 2.32. The van der Waals surface area contributed by atoms with E-state index >= 15 is 0 Å². The molecule has 2 N–H and O–H groups in total. The molecule has 0 spiro atoms. The lowest BCUT2D eigenvalue weighted by atomic mass is 9.85. The summed E-state index contributed by atoms with van der Waals surface area (Å²) in [7, 11) is -3.97. The van der Waals surface area contributed by atoms with Gasteiger partial charge in [0.1, 0.15) is 5.82 Å². The SMILES string of the molecule is C[C@@H](NC(=O)[C@H]1CC[C@H](NS(=O)(=O)c2ccc(C(F)(F)F)cc2)CC1)c1ccc(F)cc1. The number of carbonyl (C=O) groups excluding carboxylic acids is 1. The van der Waals surface area contributed by atoms with Crippen LogP contribution in [0.25, 0.3) is 0 Å². The van der Waals surface area contributed by atoms with Crippen LogP contribution >= 0.6 is 0 Å². The number of hydrogen-bond acceptors (Lipinski definition) is 3. The largest absolute Gasteiger partial charge is 0.416 e. The average Bonchev–Trinajstić information content (AvgIpc) is 2.74. The minimum Gasteiger partial charge on any atom is -0.349 e. The Morgan fingerprint density at radius 3 is 2.06 bits per heavy atom. The topological polar surface area (TPSA) is 75.3 Å². The summed E-state index contributed by atoms with van der Waals surface area (Å²) in [5.41, 5.74) is -0.143. The van der Waals surface area contributed by atoms with Gasteiger partial charge in [0.05, 0.1) is 16.5 Å². The summed E-state index contributed by atoms with van der Waals surface area (Å²) in [6.07, 6.45) is -2.72. The second-order valence-electron chi connectivity index (χ2n) is 7.97. The van der Waals surface area contributed by atoms with Crippen LogP contribution < -0.4 is 10.0 Å². The lowest BCUT2D eigenvalue weighted by molar-refractivity contribution is -0.137. The van der Waals surface area contributed by atoms with Crippen LogP contribution in [0.5, 0.6) is 0 Å². The molecule has 1 saturated carbocycles. The Morgan fingerprint density at radius 2 is 1.53 bits per heavy atom. The van der Waals surface area contributed by atoms with E-state index in [2.05, 4.69) is 10.0 Å². The number of amides is 1. The van der Waals surface area contributed by atoms with Gasteiger partial charge < -0.3 is 5.32 Å². The Hall–Kier alpha value is -2.46. The molecule has 0 radical (unpaired) electrons. The maximum absolute atomic E-state index is 13.0. The van der Waals surface area contributed by atoms with Gasteiger partial charge in [0.25, 0.3) is 0 Å². The van der Waals surface area contributed by atoms with Crippen molar-refractivity contribution in [1.29, 1.82) is 0 Å². The van der Waals surface area contributed by atoms with E-state index in [1.165, 1.54) is 12.1 Å². The molecule has 174 valence electrons. The second kappa shape index (κ2) is 9.58. The molecule has 0 unspecified atom stereocenters. The van der Waals surface area contributed by atoms with Crippen LogP contribution in [0, 0.1) is 11.7 Å². The van der Waals surface area contributed by atoms with Crippen molar-refractivity contribution in [2.45, 2.75) is 55.8 Å². The first-order valence-corrected chi connectivity index (χ1v) is 11.7. The first-order valence-electron chi connectivity index (χ1n) is 10.2.